The van der Waals surface area contributed by atoms with E-state index in [9.17, 15) is 4.79 Å². The quantitative estimate of drug-likeness (QED) is 0.403. The topological polar surface area (TPSA) is 43.7 Å². The molecule has 1 heterocycles. The number of rotatable bonds is 7. The molecule has 164 valence electrons. The zero-order valence-electron chi connectivity index (χ0n) is 19.0. The van der Waals surface area contributed by atoms with Crippen LogP contribution >= 0.6 is 0 Å². The number of aryl methyl sites for hydroxylation is 1. The normalized spacial score (nSPS) is 11.2. The number of hydrogen-bond donors (Lipinski definition) is 0. The van der Waals surface area contributed by atoms with Crippen molar-refractivity contribution >= 4 is 16.8 Å². The molecule has 0 bridgehead atoms. The monoisotopic (exact) mass is 428 g/mol. The molecule has 5 heteroatoms. The van der Waals surface area contributed by atoms with Gasteiger partial charge in [-0.2, -0.15) is 0 Å². The lowest BCUT2D eigenvalue weighted by Crippen LogP contribution is -2.19. The summed E-state index contributed by atoms with van der Waals surface area (Å²) in [4.78, 5) is 15.4. The lowest BCUT2D eigenvalue weighted by molar-refractivity contribution is 0.0965. The Hall–Kier alpha value is -3.57. The van der Waals surface area contributed by atoms with Crippen molar-refractivity contribution in [3.05, 3.63) is 84.1 Å². The van der Waals surface area contributed by atoms with E-state index in [0.29, 0.717) is 23.7 Å². The summed E-state index contributed by atoms with van der Waals surface area (Å²) in [6.45, 7) is 3.35. The second kappa shape index (κ2) is 9.28. The molecule has 5 nitrogen and oxygen atoms in total. The van der Waals surface area contributed by atoms with Crippen LogP contribution in [0.2, 0.25) is 0 Å². The molecule has 1 aromatic heterocycles. The van der Waals surface area contributed by atoms with Gasteiger partial charge in [-0.15, -0.1) is 0 Å². The summed E-state index contributed by atoms with van der Waals surface area (Å²) < 4.78 is 13.1. The number of nitrogens with zero attached hydrogens (tertiary/aromatic N) is 2. The maximum Gasteiger partial charge on any atom is 0.262 e. The maximum atomic E-state index is 13.4. The van der Waals surface area contributed by atoms with Crippen molar-refractivity contribution in [2.24, 2.45) is 0 Å². The summed E-state index contributed by atoms with van der Waals surface area (Å²) in [5.41, 5.74) is 4.77. The van der Waals surface area contributed by atoms with E-state index in [1.807, 2.05) is 75.6 Å². The Morgan fingerprint density at radius 1 is 0.969 bits per heavy atom. The van der Waals surface area contributed by atoms with Crippen molar-refractivity contribution in [2.75, 3.05) is 34.4 Å². The minimum Gasteiger partial charge on any atom is -0.493 e. The number of carbonyl (C=O) groups excluding carboxylic acids is 1. The molecule has 0 aliphatic rings. The van der Waals surface area contributed by atoms with Gasteiger partial charge in [0.15, 0.2) is 11.5 Å². The molecule has 0 aliphatic heterocycles. The van der Waals surface area contributed by atoms with Gasteiger partial charge in [-0.1, -0.05) is 36.4 Å². The first-order chi connectivity index (χ1) is 15.5. The molecule has 0 atom stereocenters. The van der Waals surface area contributed by atoms with E-state index < -0.39 is 0 Å². The average molecular weight is 429 g/mol. The zero-order chi connectivity index (χ0) is 22.7. The van der Waals surface area contributed by atoms with Crippen molar-refractivity contribution in [1.82, 2.24) is 9.47 Å². The van der Waals surface area contributed by atoms with Crippen molar-refractivity contribution in [1.29, 1.82) is 0 Å². The van der Waals surface area contributed by atoms with Gasteiger partial charge in [-0.3, -0.25) is 9.36 Å². The maximum absolute atomic E-state index is 13.4. The SMILES string of the molecule is COc1cc2ccn(C(=O)c3ccc(-c4ccccc4)c(C)c3)c2cc1OCCN(C)C. The van der Waals surface area contributed by atoms with E-state index in [4.69, 9.17) is 9.47 Å². The summed E-state index contributed by atoms with van der Waals surface area (Å²) in [7, 11) is 5.62. The van der Waals surface area contributed by atoms with Crippen LogP contribution in [0.5, 0.6) is 11.5 Å². The number of hydrogen-bond acceptors (Lipinski definition) is 4. The van der Waals surface area contributed by atoms with Crippen molar-refractivity contribution in [3.63, 3.8) is 0 Å². The van der Waals surface area contributed by atoms with Gasteiger partial charge in [0.1, 0.15) is 6.61 Å². The molecule has 0 spiro atoms. The standard InChI is InChI=1S/C27H28N2O3/c1-19-16-22(10-11-23(19)20-8-6-5-7-9-20)27(30)29-13-12-21-17-25(31-4)26(18-24(21)29)32-15-14-28(2)3/h5-13,16-18H,14-15H2,1-4H3. The largest absolute Gasteiger partial charge is 0.493 e. The smallest absolute Gasteiger partial charge is 0.262 e. The number of aromatic nitrogens is 1. The lowest BCUT2D eigenvalue weighted by atomic mass is 9.98. The van der Waals surface area contributed by atoms with Crippen LogP contribution in [-0.2, 0) is 0 Å². The number of ether oxygens (including phenoxy) is 2. The molecule has 0 N–H and O–H groups in total. The van der Waals surface area contributed by atoms with Crippen LogP contribution in [0.1, 0.15) is 15.9 Å². The molecular formula is C27H28N2O3. The summed E-state index contributed by atoms with van der Waals surface area (Å²) >= 11 is 0. The average Bonchev–Trinajstić information content (AvgIpc) is 3.21. The van der Waals surface area contributed by atoms with E-state index in [1.165, 1.54) is 0 Å². The van der Waals surface area contributed by atoms with Gasteiger partial charge >= 0.3 is 0 Å². The number of methoxy groups -OCH3 is 1. The minimum atomic E-state index is -0.0767. The third kappa shape index (κ3) is 4.39. The first-order valence-electron chi connectivity index (χ1n) is 10.7. The predicted octanol–water partition coefficient (Wildman–Crippen LogP) is 5.25. The van der Waals surface area contributed by atoms with E-state index in [-0.39, 0.29) is 5.91 Å². The Labute approximate surface area is 188 Å². The third-order valence-electron chi connectivity index (χ3n) is 5.55. The molecule has 0 saturated carbocycles. The van der Waals surface area contributed by atoms with Crippen LogP contribution in [0, 0.1) is 6.92 Å². The van der Waals surface area contributed by atoms with Gasteiger partial charge in [0.05, 0.1) is 12.6 Å². The Kier molecular flexibility index (Phi) is 6.28. The van der Waals surface area contributed by atoms with Crippen LogP contribution in [-0.4, -0.2) is 49.7 Å². The molecule has 4 rings (SSSR count). The lowest BCUT2D eigenvalue weighted by Gasteiger charge is -2.14. The molecule has 4 aromatic rings. The number of likely N-dealkylation sites (N-methyl/N-ethyl adjacent to an activating group) is 1. The van der Waals surface area contributed by atoms with E-state index in [0.717, 1.165) is 34.1 Å². The first kappa shape index (κ1) is 21.7. The molecule has 0 aliphatic carbocycles. The fourth-order valence-electron chi connectivity index (χ4n) is 3.81. The molecule has 3 aromatic carbocycles. The fraction of sp³-hybridized carbons (Fsp3) is 0.222. The van der Waals surface area contributed by atoms with E-state index in [2.05, 4.69) is 17.0 Å². The summed E-state index contributed by atoms with van der Waals surface area (Å²) in [6, 6.07) is 21.8. The predicted molar refractivity (Wildman–Crippen MR) is 129 cm³/mol. The van der Waals surface area contributed by atoms with Gasteiger partial charge in [0.2, 0.25) is 0 Å². The van der Waals surface area contributed by atoms with Crippen molar-refractivity contribution in [3.8, 4) is 22.6 Å². The van der Waals surface area contributed by atoms with Crippen LogP contribution in [0.4, 0.5) is 0 Å². The number of benzene rings is 3. The van der Waals surface area contributed by atoms with E-state index in [1.54, 1.807) is 17.9 Å². The Balaban J connectivity index is 1.67. The fourth-order valence-corrected chi connectivity index (χ4v) is 3.81. The van der Waals surface area contributed by atoms with Crippen LogP contribution in [0.25, 0.3) is 22.0 Å². The highest BCUT2D eigenvalue weighted by Crippen LogP contribution is 2.33. The Morgan fingerprint density at radius 3 is 2.44 bits per heavy atom. The highest BCUT2D eigenvalue weighted by Gasteiger charge is 2.16. The summed E-state index contributed by atoms with van der Waals surface area (Å²) in [6.07, 6.45) is 1.80. The molecule has 32 heavy (non-hydrogen) atoms. The molecule has 0 radical (unpaired) electrons. The van der Waals surface area contributed by atoms with Crippen LogP contribution in [0.15, 0.2) is 72.9 Å². The van der Waals surface area contributed by atoms with Gasteiger partial charge in [-0.25, -0.2) is 0 Å². The first-order valence-corrected chi connectivity index (χ1v) is 10.7. The second-order valence-electron chi connectivity index (χ2n) is 8.10. The molecule has 0 fully saturated rings. The Bertz CT molecular complexity index is 1240. The molecular weight excluding hydrogens is 400 g/mol. The third-order valence-corrected chi connectivity index (χ3v) is 5.55. The number of fused-ring (bicyclic) bond motifs is 1. The zero-order valence-corrected chi connectivity index (χ0v) is 19.0. The van der Waals surface area contributed by atoms with Gasteiger partial charge in [0.25, 0.3) is 5.91 Å². The summed E-state index contributed by atoms with van der Waals surface area (Å²) in [5.74, 6) is 1.21. The van der Waals surface area contributed by atoms with Gasteiger partial charge < -0.3 is 14.4 Å². The van der Waals surface area contributed by atoms with E-state index >= 15 is 0 Å². The number of carbonyl (C=O) groups is 1. The molecule has 0 saturated heterocycles. The van der Waals surface area contributed by atoms with Crippen LogP contribution in [0.3, 0.4) is 0 Å². The summed E-state index contributed by atoms with van der Waals surface area (Å²) in [5, 5.41) is 0.924. The molecule has 0 unspecified atom stereocenters. The minimum absolute atomic E-state index is 0.0767. The highest BCUT2D eigenvalue weighted by atomic mass is 16.5. The van der Waals surface area contributed by atoms with Crippen molar-refractivity contribution in [2.45, 2.75) is 6.92 Å². The second-order valence-corrected chi connectivity index (χ2v) is 8.10. The Morgan fingerprint density at radius 2 is 1.75 bits per heavy atom. The van der Waals surface area contributed by atoms with Gasteiger partial charge in [0, 0.05) is 29.8 Å². The highest BCUT2D eigenvalue weighted by molar-refractivity contribution is 6.03. The van der Waals surface area contributed by atoms with Crippen molar-refractivity contribution < 1.29 is 14.3 Å². The molecule has 0 amide bonds. The van der Waals surface area contributed by atoms with Gasteiger partial charge in [-0.05, 0) is 62.0 Å². The van der Waals surface area contributed by atoms with Crippen LogP contribution < -0.4 is 9.47 Å².